The van der Waals surface area contributed by atoms with Crippen LogP contribution in [-0.2, 0) is 23.7 Å². The van der Waals surface area contributed by atoms with Gasteiger partial charge in [0.15, 0.2) is 6.29 Å². The first-order valence-electron chi connectivity index (χ1n) is 23.2. The number of aliphatic hydroxyl groups excluding tert-OH is 4. The Bertz CT molecular complexity index is 1010. The average molecular weight is 807 g/mol. The summed E-state index contributed by atoms with van der Waals surface area (Å²) in [5.74, 6) is -0.326. The number of hydrogen-bond donors (Lipinski definition) is 4. The maximum absolute atomic E-state index is 12.8. The van der Waals surface area contributed by atoms with Crippen LogP contribution in [0.4, 0.5) is 0 Å². The minimum absolute atomic E-state index is 0.122. The van der Waals surface area contributed by atoms with Gasteiger partial charge in [-0.3, -0.25) is 4.79 Å². The van der Waals surface area contributed by atoms with E-state index < -0.39 is 43.4 Å². The number of ether oxygens (including phenoxy) is 4. The molecular weight excluding hydrogens is 721 g/mol. The van der Waals surface area contributed by atoms with Gasteiger partial charge in [0, 0.05) is 13.0 Å². The van der Waals surface area contributed by atoms with Crippen LogP contribution in [0.5, 0.6) is 0 Å². The smallest absolute Gasteiger partial charge is 0.306 e. The lowest BCUT2D eigenvalue weighted by molar-refractivity contribution is -0.305. The lowest BCUT2D eigenvalue weighted by atomic mass is 9.99. The van der Waals surface area contributed by atoms with Gasteiger partial charge in [0.2, 0.25) is 0 Å². The number of carbonyl (C=O) groups excluding carboxylic acids is 1. The number of rotatable bonds is 39. The summed E-state index contributed by atoms with van der Waals surface area (Å²) in [6.07, 6.45) is 41.3. The molecule has 0 aromatic rings. The topological polar surface area (TPSA) is 135 Å². The van der Waals surface area contributed by atoms with Gasteiger partial charge in [-0.05, 0) is 77.0 Å². The van der Waals surface area contributed by atoms with Crippen LogP contribution in [0.2, 0.25) is 0 Å². The molecule has 9 nitrogen and oxygen atoms in total. The van der Waals surface area contributed by atoms with E-state index in [1.54, 1.807) is 0 Å². The monoisotopic (exact) mass is 807 g/mol. The molecule has 332 valence electrons. The molecule has 6 atom stereocenters. The standard InChI is InChI=1S/C48H86O9/c1-3-5-7-9-11-13-15-17-19-21-23-25-27-29-31-33-35-37-44(50)56-42(41-55-48-47(53)46(52)45(51)43(39-49)57-48)40-54-38-36-34-32-30-28-26-24-22-20-18-16-14-12-10-8-6-4-2/h11,13-14,16-17,19-20,22,42-43,45-49,51-53H,3-10,12,15,18,21,23-41H2,1-2H3/b13-11-,16-14-,19-17-,22-20-. The van der Waals surface area contributed by atoms with E-state index in [9.17, 15) is 25.2 Å². The fourth-order valence-corrected chi connectivity index (χ4v) is 6.79. The van der Waals surface area contributed by atoms with Crippen molar-refractivity contribution >= 4 is 5.97 Å². The van der Waals surface area contributed by atoms with E-state index in [1.165, 1.54) is 96.3 Å². The van der Waals surface area contributed by atoms with Gasteiger partial charge in [0.25, 0.3) is 0 Å². The van der Waals surface area contributed by atoms with Crippen LogP contribution in [0.1, 0.15) is 187 Å². The molecule has 0 saturated carbocycles. The molecule has 1 fully saturated rings. The van der Waals surface area contributed by atoms with Gasteiger partial charge in [-0.1, -0.05) is 152 Å². The Morgan fingerprint density at radius 2 is 1.02 bits per heavy atom. The molecule has 0 bridgehead atoms. The molecular formula is C48H86O9. The van der Waals surface area contributed by atoms with Crippen molar-refractivity contribution in [3.8, 4) is 0 Å². The molecule has 6 unspecified atom stereocenters. The summed E-state index contributed by atoms with van der Waals surface area (Å²) < 4.78 is 22.8. The zero-order valence-electron chi connectivity index (χ0n) is 36.3. The van der Waals surface area contributed by atoms with Crippen molar-refractivity contribution in [2.45, 2.75) is 224 Å². The van der Waals surface area contributed by atoms with Crippen LogP contribution in [-0.4, -0.2) is 89.6 Å². The molecule has 57 heavy (non-hydrogen) atoms. The predicted molar refractivity (Wildman–Crippen MR) is 233 cm³/mol. The van der Waals surface area contributed by atoms with E-state index in [1.807, 2.05) is 0 Å². The third-order valence-electron chi connectivity index (χ3n) is 10.5. The molecule has 0 radical (unpaired) electrons. The fourth-order valence-electron chi connectivity index (χ4n) is 6.79. The summed E-state index contributed by atoms with van der Waals surface area (Å²) in [5.41, 5.74) is 0. The highest BCUT2D eigenvalue weighted by molar-refractivity contribution is 5.69. The molecule has 1 aliphatic rings. The first kappa shape index (κ1) is 53.2. The van der Waals surface area contributed by atoms with Gasteiger partial charge < -0.3 is 39.4 Å². The maximum atomic E-state index is 12.8. The summed E-state index contributed by atoms with van der Waals surface area (Å²) in [6.45, 7) is 4.49. The van der Waals surface area contributed by atoms with Gasteiger partial charge >= 0.3 is 5.97 Å². The number of hydrogen-bond acceptors (Lipinski definition) is 9. The van der Waals surface area contributed by atoms with E-state index in [0.29, 0.717) is 13.0 Å². The number of esters is 1. The highest BCUT2D eigenvalue weighted by atomic mass is 16.7. The quantitative estimate of drug-likeness (QED) is 0.0272. The second-order valence-electron chi connectivity index (χ2n) is 15.8. The van der Waals surface area contributed by atoms with Gasteiger partial charge in [-0.25, -0.2) is 0 Å². The first-order chi connectivity index (χ1) is 27.9. The van der Waals surface area contributed by atoms with E-state index in [4.69, 9.17) is 18.9 Å². The van der Waals surface area contributed by atoms with Gasteiger partial charge in [-0.2, -0.15) is 0 Å². The van der Waals surface area contributed by atoms with E-state index in [2.05, 4.69) is 62.5 Å². The fraction of sp³-hybridized carbons (Fsp3) is 0.812. The number of aliphatic hydroxyl groups is 4. The van der Waals surface area contributed by atoms with Crippen molar-refractivity contribution in [3.63, 3.8) is 0 Å². The predicted octanol–water partition coefficient (Wildman–Crippen LogP) is 10.5. The Morgan fingerprint density at radius 3 is 1.54 bits per heavy atom. The average Bonchev–Trinajstić information content (AvgIpc) is 3.21. The van der Waals surface area contributed by atoms with Crippen molar-refractivity contribution in [1.82, 2.24) is 0 Å². The van der Waals surface area contributed by atoms with Crippen molar-refractivity contribution in [3.05, 3.63) is 48.6 Å². The molecule has 1 saturated heterocycles. The SMILES string of the molecule is CCCCC/C=C\C/C=C\CCCCCCCCCC(=O)OC(COCCCCCCCC/C=C\C/C=C\CCCCCC)COC1OC(CO)C(O)C(O)C1O. The van der Waals surface area contributed by atoms with Crippen LogP contribution >= 0.6 is 0 Å². The van der Waals surface area contributed by atoms with Crippen LogP contribution in [0.25, 0.3) is 0 Å². The normalized spacial score (nSPS) is 20.8. The second-order valence-corrected chi connectivity index (χ2v) is 15.8. The molecule has 0 aromatic heterocycles. The summed E-state index contributed by atoms with van der Waals surface area (Å²) in [6, 6.07) is 0. The second kappa shape index (κ2) is 39.6. The summed E-state index contributed by atoms with van der Waals surface area (Å²) in [7, 11) is 0. The lowest BCUT2D eigenvalue weighted by Gasteiger charge is -2.39. The number of allylic oxidation sites excluding steroid dienone is 8. The van der Waals surface area contributed by atoms with Crippen molar-refractivity contribution in [2.75, 3.05) is 26.4 Å². The Labute approximate surface area is 348 Å². The molecule has 9 heteroatoms. The molecule has 0 aromatic carbocycles. The Balaban J connectivity index is 2.27. The highest BCUT2D eigenvalue weighted by Gasteiger charge is 2.44. The largest absolute Gasteiger partial charge is 0.457 e. The van der Waals surface area contributed by atoms with Crippen molar-refractivity contribution < 1.29 is 44.2 Å². The van der Waals surface area contributed by atoms with Crippen LogP contribution in [0.15, 0.2) is 48.6 Å². The molecule has 1 heterocycles. The zero-order valence-corrected chi connectivity index (χ0v) is 36.3. The molecule has 0 aliphatic carbocycles. The third-order valence-corrected chi connectivity index (χ3v) is 10.5. The molecule has 1 aliphatic heterocycles. The molecule has 4 N–H and O–H groups in total. The van der Waals surface area contributed by atoms with E-state index in [0.717, 1.165) is 70.6 Å². The summed E-state index contributed by atoms with van der Waals surface area (Å²) in [4.78, 5) is 12.8. The van der Waals surface area contributed by atoms with E-state index >= 15 is 0 Å². The first-order valence-corrected chi connectivity index (χ1v) is 23.2. The zero-order chi connectivity index (χ0) is 41.4. The van der Waals surface area contributed by atoms with Gasteiger partial charge in [0.05, 0.1) is 19.8 Å². The van der Waals surface area contributed by atoms with Crippen LogP contribution in [0, 0.1) is 0 Å². The van der Waals surface area contributed by atoms with Gasteiger partial charge in [0.1, 0.15) is 30.5 Å². The Hall–Kier alpha value is -1.85. The van der Waals surface area contributed by atoms with Crippen LogP contribution < -0.4 is 0 Å². The molecule has 1 rings (SSSR count). The Morgan fingerprint density at radius 1 is 0.561 bits per heavy atom. The van der Waals surface area contributed by atoms with Crippen LogP contribution in [0.3, 0.4) is 0 Å². The van der Waals surface area contributed by atoms with Gasteiger partial charge in [-0.15, -0.1) is 0 Å². The number of unbranched alkanes of at least 4 members (excludes halogenated alkanes) is 20. The van der Waals surface area contributed by atoms with Crippen molar-refractivity contribution in [1.29, 1.82) is 0 Å². The highest BCUT2D eigenvalue weighted by Crippen LogP contribution is 2.22. The van der Waals surface area contributed by atoms with Crippen molar-refractivity contribution in [2.24, 2.45) is 0 Å². The molecule has 0 spiro atoms. The summed E-state index contributed by atoms with van der Waals surface area (Å²) >= 11 is 0. The van der Waals surface area contributed by atoms with E-state index in [-0.39, 0.29) is 19.2 Å². The minimum Gasteiger partial charge on any atom is -0.457 e. The summed E-state index contributed by atoms with van der Waals surface area (Å²) in [5, 5.41) is 40.1. The third kappa shape index (κ3) is 30.8. The lowest BCUT2D eigenvalue weighted by Crippen LogP contribution is -2.59. The molecule has 0 amide bonds. The minimum atomic E-state index is -1.54. The maximum Gasteiger partial charge on any atom is 0.306 e. The Kier molecular flexibility index (Phi) is 36.9. The number of carbonyl (C=O) groups is 1.